The van der Waals surface area contributed by atoms with Crippen molar-refractivity contribution in [3.05, 3.63) is 29.8 Å². The number of carbonyl (C=O) groups excluding carboxylic acids is 1. The van der Waals surface area contributed by atoms with Crippen LogP contribution in [0.25, 0.3) is 0 Å². The van der Waals surface area contributed by atoms with Crippen LogP contribution in [-0.4, -0.2) is 31.3 Å². The number of benzene rings is 1. The summed E-state index contributed by atoms with van der Waals surface area (Å²) in [7, 11) is 0. The maximum atomic E-state index is 11.5. The average Bonchev–Trinajstić information content (AvgIpc) is 2.36. The molecule has 0 fully saturated rings. The Morgan fingerprint density at radius 3 is 2.42 bits per heavy atom. The molecule has 0 bridgehead atoms. The molecule has 1 rings (SSSR count). The summed E-state index contributed by atoms with van der Waals surface area (Å²) < 4.78 is 10.8. The molecule has 0 aliphatic carbocycles. The van der Waals surface area contributed by atoms with Crippen LogP contribution in [0.5, 0.6) is 5.75 Å². The van der Waals surface area contributed by atoms with Crippen LogP contribution >= 0.6 is 0 Å². The molecule has 0 aromatic heterocycles. The Morgan fingerprint density at radius 2 is 1.84 bits per heavy atom. The van der Waals surface area contributed by atoms with Gasteiger partial charge in [-0.3, -0.25) is 4.79 Å². The zero-order valence-corrected chi connectivity index (χ0v) is 12.1. The van der Waals surface area contributed by atoms with Crippen molar-refractivity contribution in [2.75, 3.05) is 13.2 Å². The van der Waals surface area contributed by atoms with Crippen LogP contribution in [0.3, 0.4) is 0 Å². The summed E-state index contributed by atoms with van der Waals surface area (Å²) in [5.41, 5.74) is 1.19. The lowest BCUT2D eigenvalue weighted by Crippen LogP contribution is -2.39. The van der Waals surface area contributed by atoms with Crippen LogP contribution < -0.4 is 10.1 Å². The van der Waals surface area contributed by atoms with Crippen LogP contribution in [0.2, 0.25) is 0 Å². The maximum Gasteiger partial charge on any atom is 0.246 e. The molecular formula is C15H23NO3. The highest BCUT2D eigenvalue weighted by Gasteiger charge is 2.08. The van der Waals surface area contributed by atoms with Gasteiger partial charge in [0.15, 0.2) is 0 Å². The van der Waals surface area contributed by atoms with E-state index in [9.17, 15) is 4.79 Å². The zero-order chi connectivity index (χ0) is 14.3. The monoisotopic (exact) mass is 265 g/mol. The fourth-order valence-electron chi connectivity index (χ4n) is 1.46. The Morgan fingerprint density at radius 1 is 1.21 bits per heavy atom. The minimum absolute atomic E-state index is 0.0513. The second-order valence-corrected chi connectivity index (χ2v) is 4.95. The van der Waals surface area contributed by atoms with E-state index < -0.39 is 0 Å². The summed E-state index contributed by atoms with van der Waals surface area (Å²) in [4.78, 5) is 11.5. The number of hydrogen-bond donors (Lipinski definition) is 1. The van der Waals surface area contributed by atoms with Crippen molar-refractivity contribution in [1.82, 2.24) is 5.32 Å². The summed E-state index contributed by atoms with van der Waals surface area (Å²) in [6, 6.07) is 7.78. The van der Waals surface area contributed by atoms with E-state index in [2.05, 4.69) is 5.32 Å². The first-order valence-electron chi connectivity index (χ1n) is 6.58. The number of hydrogen-bond acceptors (Lipinski definition) is 3. The predicted molar refractivity (Wildman–Crippen MR) is 75.4 cm³/mol. The smallest absolute Gasteiger partial charge is 0.246 e. The predicted octanol–water partition coefficient (Wildman–Crippen LogP) is 2.30. The van der Waals surface area contributed by atoms with Gasteiger partial charge in [-0.15, -0.1) is 0 Å². The summed E-state index contributed by atoms with van der Waals surface area (Å²) in [5, 5.41) is 2.83. The Bertz CT molecular complexity index is 387. The second-order valence-electron chi connectivity index (χ2n) is 4.95. The van der Waals surface area contributed by atoms with E-state index in [1.54, 1.807) is 0 Å². The van der Waals surface area contributed by atoms with Crippen LogP contribution in [-0.2, 0) is 9.53 Å². The highest BCUT2D eigenvalue weighted by Crippen LogP contribution is 2.11. The molecule has 106 valence electrons. The SMILES string of the molecule is Cc1ccc(OCC(C)NC(=O)COC(C)C)cc1. The molecule has 1 unspecified atom stereocenters. The molecular weight excluding hydrogens is 242 g/mol. The maximum absolute atomic E-state index is 11.5. The van der Waals surface area contributed by atoms with E-state index in [0.717, 1.165) is 5.75 Å². The number of rotatable bonds is 7. The molecule has 1 aromatic rings. The van der Waals surface area contributed by atoms with Crippen LogP contribution in [0, 0.1) is 6.92 Å². The van der Waals surface area contributed by atoms with Gasteiger partial charge in [0.2, 0.25) is 5.91 Å². The minimum atomic E-state index is -0.117. The molecule has 19 heavy (non-hydrogen) atoms. The molecule has 0 heterocycles. The van der Waals surface area contributed by atoms with Gasteiger partial charge in [0, 0.05) is 0 Å². The van der Waals surface area contributed by atoms with Crippen molar-refractivity contribution >= 4 is 5.91 Å². The number of carbonyl (C=O) groups is 1. The molecule has 0 aliphatic heterocycles. The van der Waals surface area contributed by atoms with Gasteiger partial charge in [-0.05, 0) is 39.8 Å². The van der Waals surface area contributed by atoms with Crippen LogP contribution in [0.4, 0.5) is 0 Å². The highest BCUT2D eigenvalue weighted by molar-refractivity contribution is 5.77. The largest absolute Gasteiger partial charge is 0.491 e. The van der Waals surface area contributed by atoms with E-state index in [1.165, 1.54) is 5.56 Å². The topological polar surface area (TPSA) is 47.6 Å². The quantitative estimate of drug-likeness (QED) is 0.823. The number of aryl methyl sites for hydroxylation is 1. The van der Waals surface area contributed by atoms with E-state index in [1.807, 2.05) is 52.0 Å². The van der Waals surface area contributed by atoms with Gasteiger partial charge in [-0.25, -0.2) is 0 Å². The molecule has 1 amide bonds. The standard InChI is InChI=1S/C15H23NO3/c1-11(2)18-10-15(17)16-13(4)9-19-14-7-5-12(3)6-8-14/h5-8,11,13H,9-10H2,1-4H3,(H,16,17). The third-order valence-corrected chi connectivity index (χ3v) is 2.48. The molecule has 0 saturated heterocycles. The lowest BCUT2D eigenvalue weighted by Gasteiger charge is -2.15. The molecule has 0 radical (unpaired) electrons. The van der Waals surface area contributed by atoms with Crippen molar-refractivity contribution < 1.29 is 14.3 Å². The van der Waals surface area contributed by atoms with Crippen LogP contribution in [0.15, 0.2) is 24.3 Å². The first kappa shape index (κ1) is 15.5. The van der Waals surface area contributed by atoms with Crippen molar-refractivity contribution in [1.29, 1.82) is 0 Å². The fourth-order valence-corrected chi connectivity index (χ4v) is 1.46. The van der Waals surface area contributed by atoms with Crippen molar-refractivity contribution in [3.63, 3.8) is 0 Å². The fraction of sp³-hybridized carbons (Fsp3) is 0.533. The molecule has 4 heteroatoms. The first-order valence-corrected chi connectivity index (χ1v) is 6.58. The summed E-state index contributed by atoms with van der Waals surface area (Å²) in [6.45, 7) is 8.26. The van der Waals surface area contributed by atoms with Gasteiger partial charge >= 0.3 is 0 Å². The highest BCUT2D eigenvalue weighted by atomic mass is 16.5. The van der Waals surface area contributed by atoms with E-state index in [4.69, 9.17) is 9.47 Å². The summed E-state index contributed by atoms with van der Waals surface area (Å²) in [6.07, 6.45) is 0.0601. The van der Waals surface area contributed by atoms with Crippen molar-refractivity contribution in [2.45, 2.75) is 39.8 Å². The first-order chi connectivity index (χ1) is 8.97. The van der Waals surface area contributed by atoms with Gasteiger partial charge < -0.3 is 14.8 Å². The van der Waals surface area contributed by atoms with Gasteiger partial charge in [-0.2, -0.15) is 0 Å². The molecule has 1 N–H and O–H groups in total. The van der Waals surface area contributed by atoms with Crippen LogP contribution in [0.1, 0.15) is 26.3 Å². The van der Waals surface area contributed by atoms with E-state index in [0.29, 0.717) is 6.61 Å². The average molecular weight is 265 g/mol. The lowest BCUT2D eigenvalue weighted by molar-refractivity contribution is -0.127. The van der Waals surface area contributed by atoms with Gasteiger partial charge in [0.1, 0.15) is 19.0 Å². The number of nitrogens with one attached hydrogen (secondary N) is 1. The van der Waals surface area contributed by atoms with Crippen molar-refractivity contribution in [2.24, 2.45) is 0 Å². The van der Waals surface area contributed by atoms with Gasteiger partial charge in [-0.1, -0.05) is 17.7 Å². The third-order valence-electron chi connectivity index (χ3n) is 2.48. The zero-order valence-electron chi connectivity index (χ0n) is 12.1. The molecule has 0 saturated carbocycles. The third kappa shape index (κ3) is 6.82. The number of ether oxygens (including phenoxy) is 2. The second kappa shape index (κ2) is 7.79. The van der Waals surface area contributed by atoms with Crippen molar-refractivity contribution in [3.8, 4) is 5.75 Å². The Hall–Kier alpha value is -1.55. The molecule has 4 nitrogen and oxygen atoms in total. The normalized spacial score (nSPS) is 12.3. The van der Waals surface area contributed by atoms with E-state index >= 15 is 0 Å². The summed E-state index contributed by atoms with van der Waals surface area (Å²) >= 11 is 0. The Labute approximate surface area is 115 Å². The molecule has 0 spiro atoms. The Balaban J connectivity index is 2.25. The minimum Gasteiger partial charge on any atom is -0.491 e. The molecule has 1 atom stereocenters. The number of amides is 1. The molecule has 1 aromatic carbocycles. The van der Waals surface area contributed by atoms with Gasteiger partial charge in [0.05, 0.1) is 12.1 Å². The van der Waals surface area contributed by atoms with Gasteiger partial charge in [0.25, 0.3) is 0 Å². The van der Waals surface area contributed by atoms with E-state index in [-0.39, 0.29) is 24.7 Å². The summed E-state index contributed by atoms with van der Waals surface area (Å²) in [5.74, 6) is 0.693. The Kier molecular flexibility index (Phi) is 6.36. The molecule has 0 aliphatic rings. The lowest BCUT2D eigenvalue weighted by atomic mass is 10.2.